The highest BCUT2D eigenvalue weighted by atomic mass is 16.1. The van der Waals surface area contributed by atoms with Crippen LogP contribution in [0.25, 0.3) is 16.6 Å². The first-order chi connectivity index (χ1) is 12.1. The fourth-order valence-corrected chi connectivity index (χ4v) is 3.26. The van der Waals surface area contributed by atoms with Crippen molar-refractivity contribution in [3.05, 3.63) is 54.2 Å². The maximum atomic E-state index is 11.6. The number of carbonyl (C=O) groups excluding carboxylic acids is 1. The number of primary amides is 1. The van der Waals surface area contributed by atoms with Crippen molar-refractivity contribution in [3.63, 3.8) is 0 Å². The zero-order chi connectivity index (χ0) is 17.4. The normalized spacial score (nSPS) is 15.6. The van der Waals surface area contributed by atoms with E-state index < -0.39 is 5.91 Å². The molecule has 2 aromatic carbocycles. The van der Waals surface area contributed by atoms with Crippen LogP contribution in [0.1, 0.15) is 10.4 Å². The Labute approximate surface area is 146 Å². The van der Waals surface area contributed by atoms with E-state index >= 15 is 0 Å². The fourth-order valence-electron chi connectivity index (χ4n) is 3.26. The average molecular weight is 335 g/mol. The second-order valence-electron chi connectivity index (χ2n) is 6.49. The van der Waals surface area contributed by atoms with Gasteiger partial charge >= 0.3 is 0 Å². The third-order valence-corrected chi connectivity index (χ3v) is 4.78. The van der Waals surface area contributed by atoms with E-state index in [0.29, 0.717) is 11.1 Å². The van der Waals surface area contributed by atoms with E-state index in [-0.39, 0.29) is 0 Å². The second kappa shape index (κ2) is 6.22. The van der Waals surface area contributed by atoms with Crippen molar-refractivity contribution >= 4 is 22.5 Å². The van der Waals surface area contributed by atoms with Crippen molar-refractivity contribution in [1.82, 2.24) is 14.7 Å². The number of piperazine rings is 1. The molecule has 1 aromatic heterocycles. The minimum absolute atomic E-state index is 0.449. The molecule has 2 heterocycles. The summed E-state index contributed by atoms with van der Waals surface area (Å²) >= 11 is 0. The number of hydrogen-bond acceptors (Lipinski definition) is 4. The average Bonchev–Trinajstić information content (AvgIpc) is 3.06. The summed E-state index contributed by atoms with van der Waals surface area (Å²) in [5, 5.41) is 5.45. The van der Waals surface area contributed by atoms with Crippen LogP contribution in [0.5, 0.6) is 0 Å². The van der Waals surface area contributed by atoms with Crippen molar-refractivity contribution in [2.24, 2.45) is 5.73 Å². The van der Waals surface area contributed by atoms with Gasteiger partial charge in [-0.15, -0.1) is 0 Å². The minimum Gasteiger partial charge on any atom is -0.369 e. The van der Waals surface area contributed by atoms with Gasteiger partial charge in [-0.05, 0) is 37.4 Å². The van der Waals surface area contributed by atoms with E-state index in [0.717, 1.165) is 37.3 Å². The molecule has 128 valence electrons. The SMILES string of the molecule is CN1CCN(c2ccc(-n3cc4cccc(C(N)=O)c4n3)cc2)CC1. The van der Waals surface area contributed by atoms with Gasteiger partial charge in [0, 0.05) is 43.4 Å². The molecule has 0 atom stereocenters. The van der Waals surface area contributed by atoms with E-state index in [9.17, 15) is 4.79 Å². The Bertz CT molecular complexity index is 907. The molecular weight excluding hydrogens is 314 g/mol. The van der Waals surface area contributed by atoms with Crippen LogP contribution in [0.15, 0.2) is 48.7 Å². The van der Waals surface area contributed by atoms with Crippen LogP contribution in [0.2, 0.25) is 0 Å². The molecule has 0 radical (unpaired) electrons. The van der Waals surface area contributed by atoms with E-state index in [1.807, 2.05) is 18.3 Å². The summed E-state index contributed by atoms with van der Waals surface area (Å²) in [4.78, 5) is 16.3. The van der Waals surface area contributed by atoms with Crippen molar-refractivity contribution < 1.29 is 4.79 Å². The molecule has 1 aliphatic heterocycles. The third-order valence-electron chi connectivity index (χ3n) is 4.78. The van der Waals surface area contributed by atoms with Crippen molar-refractivity contribution in [2.45, 2.75) is 0 Å². The Hall–Kier alpha value is -2.86. The lowest BCUT2D eigenvalue weighted by molar-refractivity contribution is 0.100. The quantitative estimate of drug-likeness (QED) is 0.793. The smallest absolute Gasteiger partial charge is 0.250 e. The summed E-state index contributed by atoms with van der Waals surface area (Å²) in [7, 11) is 2.16. The van der Waals surface area contributed by atoms with Crippen LogP contribution in [0.3, 0.4) is 0 Å². The highest BCUT2D eigenvalue weighted by molar-refractivity contribution is 6.04. The molecule has 2 N–H and O–H groups in total. The number of carbonyl (C=O) groups is 1. The molecule has 6 heteroatoms. The molecule has 1 saturated heterocycles. The molecule has 3 aromatic rings. The van der Waals surface area contributed by atoms with Crippen LogP contribution < -0.4 is 10.6 Å². The summed E-state index contributed by atoms with van der Waals surface area (Å²) in [6.07, 6.45) is 1.92. The van der Waals surface area contributed by atoms with Crippen LogP contribution in [-0.2, 0) is 0 Å². The number of hydrogen-bond donors (Lipinski definition) is 1. The predicted octanol–water partition coefficient (Wildman–Crippen LogP) is 1.88. The Morgan fingerprint density at radius 2 is 1.68 bits per heavy atom. The van der Waals surface area contributed by atoms with E-state index in [1.54, 1.807) is 10.7 Å². The molecule has 1 aliphatic rings. The molecule has 1 amide bonds. The predicted molar refractivity (Wildman–Crippen MR) is 99.3 cm³/mol. The molecule has 6 nitrogen and oxygen atoms in total. The Kier molecular flexibility index (Phi) is 3.89. The molecule has 0 unspecified atom stereocenters. The van der Waals surface area contributed by atoms with Crippen LogP contribution in [0.4, 0.5) is 5.69 Å². The standard InChI is InChI=1S/C19H21N5O/c1-22-9-11-23(12-10-22)15-5-7-16(8-6-15)24-13-14-3-2-4-17(19(20)25)18(14)21-24/h2-8,13H,9-12H2,1H3,(H2,20,25). The number of nitrogens with zero attached hydrogens (tertiary/aromatic N) is 4. The lowest BCUT2D eigenvalue weighted by Gasteiger charge is -2.34. The molecule has 0 saturated carbocycles. The van der Waals surface area contributed by atoms with Crippen molar-refractivity contribution in [2.75, 3.05) is 38.1 Å². The van der Waals surface area contributed by atoms with E-state index in [2.05, 4.69) is 46.2 Å². The number of nitrogens with two attached hydrogens (primary N) is 1. The van der Waals surface area contributed by atoms with Gasteiger partial charge in [0.2, 0.25) is 0 Å². The van der Waals surface area contributed by atoms with Gasteiger partial charge in [0.15, 0.2) is 0 Å². The zero-order valence-electron chi connectivity index (χ0n) is 14.2. The van der Waals surface area contributed by atoms with Gasteiger partial charge in [-0.1, -0.05) is 12.1 Å². The van der Waals surface area contributed by atoms with Crippen LogP contribution >= 0.6 is 0 Å². The molecule has 0 aliphatic carbocycles. The second-order valence-corrected chi connectivity index (χ2v) is 6.49. The molecule has 0 spiro atoms. The van der Waals surface area contributed by atoms with Crippen molar-refractivity contribution in [1.29, 1.82) is 0 Å². The monoisotopic (exact) mass is 335 g/mol. The molecule has 1 fully saturated rings. The summed E-state index contributed by atoms with van der Waals surface area (Å²) in [5.74, 6) is -0.457. The first kappa shape index (κ1) is 15.7. The van der Waals surface area contributed by atoms with E-state index in [4.69, 9.17) is 5.73 Å². The fraction of sp³-hybridized carbons (Fsp3) is 0.263. The van der Waals surface area contributed by atoms with Crippen LogP contribution in [0, 0.1) is 0 Å². The maximum absolute atomic E-state index is 11.6. The number of fused-ring (bicyclic) bond motifs is 1. The number of benzene rings is 2. The first-order valence-electron chi connectivity index (χ1n) is 8.44. The summed E-state index contributed by atoms with van der Waals surface area (Å²) in [5.41, 5.74) is 8.72. The van der Waals surface area contributed by atoms with Gasteiger partial charge in [-0.3, -0.25) is 4.79 Å². The van der Waals surface area contributed by atoms with Crippen LogP contribution in [-0.4, -0.2) is 53.8 Å². The number of aromatic nitrogens is 2. The number of likely N-dealkylation sites (N-methyl/N-ethyl adjacent to an activating group) is 1. The molecule has 25 heavy (non-hydrogen) atoms. The van der Waals surface area contributed by atoms with Crippen molar-refractivity contribution in [3.8, 4) is 5.69 Å². The highest BCUT2D eigenvalue weighted by Gasteiger charge is 2.15. The van der Waals surface area contributed by atoms with E-state index in [1.165, 1.54) is 5.69 Å². The summed E-state index contributed by atoms with van der Waals surface area (Å²) < 4.78 is 1.80. The molecule has 0 bridgehead atoms. The summed E-state index contributed by atoms with van der Waals surface area (Å²) in [6.45, 7) is 4.26. The minimum atomic E-state index is -0.457. The molecular formula is C19H21N5O. The van der Waals surface area contributed by atoms with Gasteiger partial charge in [0.1, 0.15) is 5.52 Å². The summed E-state index contributed by atoms with van der Waals surface area (Å²) in [6, 6.07) is 13.8. The van der Waals surface area contributed by atoms with Gasteiger partial charge in [-0.2, -0.15) is 5.10 Å². The lowest BCUT2D eigenvalue weighted by atomic mass is 10.1. The number of rotatable bonds is 3. The zero-order valence-corrected chi connectivity index (χ0v) is 14.2. The maximum Gasteiger partial charge on any atom is 0.250 e. The lowest BCUT2D eigenvalue weighted by Crippen LogP contribution is -2.44. The Balaban J connectivity index is 1.63. The van der Waals surface area contributed by atoms with Gasteiger partial charge in [0.25, 0.3) is 5.91 Å². The Morgan fingerprint density at radius 1 is 1.00 bits per heavy atom. The Morgan fingerprint density at radius 3 is 2.36 bits per heavy atom. The highest BCUT2D eigenvalue weighted by Crippen LogP contribution is 2.22. The van der Waals surface area contributed by atoms with Gasteiger partial charge in [0.05, 0.1) is 11.3 Å². The first-order valence-corrected chi connectivity index (χ1v) is 8.44. The third kappa shape index (κ3) is 2.96. The van der Waals surface area contributed by atoms with Gasteiger partial charge < -0.3 is 15.5 Å². The number of amides is 1. The number of anilines is 1. The van der Waals surface area contributed by atoms with Gasteiger partial charge in [-0.25, -0.2) is 4.68 Å². The largest absolute Gasteiger partial charge is 0.369 e. The topological polar surface area (TPSA) is 67.4 Å². The molecule has 4 rings (SSSR count).